The van der Waals surface area contributed by atoms with Crippen molar-refractivity contribution in [3.05, 3.63) is 0 Å². The van der Waals surface area contributed by atoms with E-state index in [0.717, 1.165) is 7.11 Å². The predicted molar refractivity (Wildman–Crippen MR) is 26.6 cm³/mol. The second kappa shape index (κ2) is 5220. The first-order valence-corrected chi connectivity index (χ1v) is 0.447. The molecule has 0 aliphatic carbocycles. The van der Waals surface area contributed by atoms with Gasteiger partial charge in [-0.15, -0.1) is 0 Å². The first kappa shape index (κ1) is 89.3. The minimum Gasteiger partial charge on any atom is -0.400 e. The molecule has 0 amide bonds. The van der Waals surface area contributed by atoms with Crippen molar-refractivity contribution >= 4 is 0 Å². The topological polar surface area (TPSA) is 55.2 Å². The molecule has 0 fully saturated rings. The molecule has 0 aromatic carbocycles. The summed E-state index contributed by atoms with van der Waals surface area (Å²) >= 11 is 0. The van der Waals surface area contributed by atoms with E-state index < -0.39 is 0 Å². The van der Waals surface area contributed by atoms with E-state index in [4.69, 9.17) is 5.11 Å². The van der Waals surface area contributed by atoms with Crippen LogP contribution in [0.25, 0.3) is 0 Å². The maximum absolute atomic E-state index is 7.00. The third kappa shape index (κ3) is 2260. The molecule has 0 spiro atoms. The third-order valence-corrected chi connectivity index (χ3v) is 0. The lowest BCUT2D eigenvalue weighted by atomic mass is 11.8. The summed E-state index contributed by atoms with van der Waals surface area (Å²) in [6.07, 6.45) is 0. The van der Waals surface area contributed by atoms with Gasteiger partial charge >= 0.3 is 0 Å². The van der Waals surface area contributed by atoms with Gasteiger partial charge in [-0.25, -0.2) is 0 Å². The summed E-state index contributed by atoms with van der Waals surface area (Å²) in [5, 5.41) is 7.00. The highest BCUT2D eigenvalue weighted by atomic mass is 16.2. The molecule has 0 aliphatic heterocycles. The lowest BCUT2D eigenvalue weighted by molar-refractivity contribution is 0.399. The zero-order valence-corrected chi connectivity index (χ0v) is 2.15. The van der Waals surface area contributed by atoms with Crippen LogP contribution in [-0.4, -0.2) is 12.2 Å². The highest BCUT2D eigenvalue weighted by Gasteiger charge is 0.839. The van der Waals surface area contributed by atoms with Crippen LogP contribution < -0.4 is 6.15 Å². The van der Waals surface area contributed by atoms with E-state index in [1.54, 1.807) is 0 Å². The Bertz CT molecular complexity index is 6.85. The lowest BCUT2D eigenvalue weighted by Crippen LogP contribution is -1.25. The van der Waals surface area contributed by atoms with Crippen molar-refractivity contribution in [2.24, 2.45) is 0 Å². The number of aliphatic hydroxyl groups excluding tert-OH is 1. The Morgan fingerprint density at radius 2 is 1.00 bits per heavy atom. The van der Waals surface area contributed by atoms with Crippen LogP contribution in [-0.2, 0) is 0 Å². The number of aliphatic hydroxyl groups is 1. The second-order valence-electron chi connectivity index (χ2n) is 0. The van der Waals surface area contributed by atoms with Gasteiger partial charge in [0.15, 0.2) is 0 Å². The Morgan fingerprint density at radius 3 is 1.00 bits per heavy atom. The van der Waals surface area contributed by atoms with Crippen molar-refractivity contribution in [2.45, 2.75) is 14.9 Å². The summed E-state index contributed by atoms with van der Waals surface area (Å²) in [4.78, 5) is 0. The van der Waals surface area contributed by atoms with Crippen LogP contribution in [0.15, 0.2) is 0 Å². The molecule has 0 atom stereocenters. The molecule has 0 radical (unpaired) electrons. The number of rotatable bonds is 0. The van der Waals surface area contributed by atoms with Gasteiger partial charge < -0.3 is 11.3 Å². The van der Waals surface area contributed by atoms with Crippen molar-refractivity contribution in [2.75, 3.05) is 7.11 Å². The predicted octanol–water partition coefficient (Wildman–Crippen LogP) is 1.04. The van der Waals surface area contributed by atoms with Gasteiger partial charge in [0.05, 0.1) is 0 Å². The SMILES string of the molecule is C.C.CO.N. The van der Waals surface area contributed by atoms with Crippen LogP contribution in [0.2, 0.25) is 0 Å². The standard InChI is InChI=1S/CH4O.2CH4.H3N/c1-2;;;/h2H,1H3;2*1H4;1H3. The van der Waals surface area contributed by atoms with Crippen LogP contribution in [0.1, 0.15) is 14.9 Å². The Hall–Kier alpha value is -0.0800. The third-order valence-electron chi connectivity index (χ3n) is 0. The van der Waals surface area contributed by atoms with E-state index in [-0.39, 0.29) is 21.0 Å². The molecule has 4 N–H and O–H groups in total. The van der Waals surface area contributed by atoms with Crippen molar-refractivity contribution in [1.29, 1.82) is 0 Å². The van der Waals surface area contributed by atoms with E-state index in [1.807, 2.05) is 0 Å². The maximum atomic E-state index is 7.00. The molecule has 0 aliphatic rings. The molecule has 0 bridgehead atoms. The molecule has 0 saturated carbocycles. The van der Waals surface area contributed by atoms with E-state index in [0.29, 0.717) is 0 Å². The summed E-state index contributed by atoms with van der Waals surface area (Å²) in [6.45, 7) is 0. The molecule has 0 aromatic heterocycles. The average molecular weight is 81.2 g/mol. The second-order valence-corrected chi connectivity index (χ2v) is 0. The Labute approximate surface area is 34.4 Å². The summed E-state index contributed by atoms with van der Waals surface area (Å²) in [5.74, 6) is 0. The lowest BCUT2D eigenvalue weighted by Gasteiger charge is -1.21. The zero-order valence-electron chi connectivity index (χ0n) is 2.15. The first-order valence-electron chi connectivity index (χ1n) is 0.447. The van der Waals surface area contributed by atoms with Gasteiger partial charge in [0, 0.05) is 7.11 Å². The Kier molecular flexibility index (Phi) is 93300. The fourth-order valence-electron chi connectivity index (χ4n) is 0. The summed E-state index contributed by atoms with van der Waals surface area (Å²) < 4.78 is 0. The molecule has 0 aromatic rings. The molecular formula is C3H15NO. The van der Waals surface area contributed by atoms with Gasteiger partial charge in [-0.3, -0.25) is 0 Å². The molecule has 5 heavy (non-hydrogen) atoms. The van der Waals surface area contributed by atoms with Crippen molar-refractivity contribution in [1.82, 2.24) is 6.15 Å². The number of hydrogen-bond donors (Lipinski definition) is 2. The fraction of sp³-hybridized carbons (Fsp3) is 1.00. The van der Waals surface area contributed by atoms with Crippen LogP contribution in [0, 0.1) is 0 Å². The van der Waals surface area contributed by atoms with Crippen LogP contribution in [0.3, 0.4) is 0 Å². The highest BCUT2D eigenvalue weighted by molar-refractivity contribution is 3.18. The van der Waals surface area contributed by atoms with Crippen LogP contribution >= 0.6 is 0 Å². The van der Waals surface area contributed by atoms with Gasteiger partial charge in [0.2, 0.25) is 0 Å². The quantitative estimate of drug-likeness (QED) is 0.457. The Balaban J connectivity index is -0.00000000167. The van der Waals surface area contributed by atoms with E-state index in [9.17, 15) is 0 Å². The van der Waals surface area contributed by atoms with Gasteiger partial charge in [-0.05, 0) is 0 Å². The smallest absolute Gasteiger partial charge is 0.0319 e. The molecule has 0 rings (SSSR count). The zero-order chi connectivity index (χ0) is 2.00. The number of hydrogen-bond acceptors (Lipinski definition) is 2. The van der Waals surface area contributed by atoms with Gasteiger partial charge in [-0.1, -0.05) is 14.9 Å². The van der Waals surface area contributed by atoms with E-state index in [1.165, 1.54) is 0 Å². The van der Waals surface area contributed by atoms with Crippen molar-refractivity contribution < 1.29 is 5.11 Å². The van der Waals surface area contributed by atoms with Gasteiger partial charge in [0.25, 0.3) is 0 Å². The largest absolute Gasteiger partial charge is 0.400 e. The van der Waals surface area contributed by atoms with E-state index >= 15 is 0 Å². The fourth-order valence-corrected chi connectivity index (χ4v) is 0. The van der Waals surface area contributed by atoms with Crippen molar-refractivity contribution in [3.63, 3.8) is 0 Å². The first-order chi connectivity index (χ1) is 1.00. The van der Waals surface area contributed by atoms with Crippen molar-refractivity contribution in [3.8, 4) is 0 Å². The maximum Gasteiger partial charge on any atom is 0.0319 e. The summed E-state index contributed by atoms with van der Waals surface area (Å²) in [5.41, 5.74) is 0. The Morgan fingerprint density at radius 1 is 1.00 bits per heavy atom. The van der Waals surface area contributed by atoms with Crippen LogP contribution in [0.4, 0.5) is 0 Å². The average Bonchev–Trinajstić information content (AvgIpc) is 1.00. The van der Waals surface area contributed by atoms with Crippen LogP contribution in [0.5, 0.6) is 0 Å². The molecule has 38 valence electrons. The monoisotopic (exact) mass is 81.1 g/mol. The van der Waals surface area contributed by atoms with E-state index in [2.05, 4.69) is 0 Å². The summed E-state index contributed by atoms with van der Waals surface area (Å²) in [6, 6.07) is 0. The summed E-state index contributed by atoms with van der Waals surface area (Å²) in [7, 11) is 1.00. The molecule has 0 heterocycles. The minimum atomic E-state index is 0. The molecule has 2 nitrogen and oxygen atoms in total. The normalized spacial score (nSPS) is 1.20. The molecular weight excluding hydrogens is 66.0 g/mol. The minimum absolute atomic E-state index is 0. The molecule has 2 heteroatoms. The van der Waals surface area contributed by atoms with Gasteiger partial charge in [-0.2, -0.15) is 0 Å². The molecule has 0 unspecified atom stereocenters. The molecule has 0 saturated heterocycles. The van der Waals surface area contributed by atoms with Gasteiger partial charge in [0.1, 0.15) is 0 Å². The highest BCUT2D eigenvalue weighted by Crippen LogP contribution is 0.755.